The number of carbonyl (C=O) groups is 2. The van der Waals surface area contributed by atoms with Crippen molar-refractivity contribution >= 4 is 21.9 Å². The van der Waals surface area contributed by atoms with E-state index in [2.05, 4.69) is 0 Å². The lowest BCUT2D eigenvalue weighted by Gasteiger charge is -2.28. The highest BCUT2D eigenvalue weighted by atomic mass is 32.2. The van der Waals surface area contributed by atoms with Crippen LogP contribution in [0.2, 0.25) is 0 Å². The fourth-order valence-corrected chi connectivity index (χ4v) is 4.57. The molecule has 26 heavy (non-hydrogen) atoms. The van der Waals surface area contributed by atoms with Crippen LogP contribution in [0.3, 0.4) is 0 Å². The number of sulfonamides is 1. The summed E-state index contributed by atoms with van der Waals surface area (Å²) in [7, 11) is -3.65. The molecule has 0 spiro atoms. The van der Waals surface area contributed by atoms with E-state index < -0.39 is 28.4 Å². The second kappa shape index (κ2) is 8.64. The molecule has 0 bridgehead atoms. The molecule has 0 aromatic heterocycles. The molecular weight excluding hydrogens is 356 g/mol. The molecule has 0 aliphatic carbocycles. The highest BCUT2D eigenvalue weighted by Gasteiger charge is 2.28. The van der Waals surface area contributed by atoms with Crippen molar-refractivity contribution < 1.29 is 23.1 Å². The van der Waals surface area contributed by atoms with Crippen LogP contribution >= 0.6 is 0 Å². The number of hydrogen-bond acceptors (Lipinski definition) is 4. The Hall–Kier alpha value is -1.93. The van der Waals surface area contributed by atoms with Gasteiger partial charge in [0, 0.05) is 24.7 Å². The third kappa shape index (κ3) is 4.62. The van der Waals surface area contributed by atoms with E-state index >= 15 is 0 Å². The maximum absolute atomic E-state index is 12.8. The first-order valence-corrected chi connectivity index (χ1v) is 10.3. The predicted octanol–water partition coefficient (Wildman–Crippen LogP) is 2.19. The van der Waals surface area contributed by atoms with E-state index in [1.54, 1.807) is 6.92 Å². The molecule has 1 heterocycles. The summed E-state index contributed by atoms with van der Waals surface area (Å²) in [4.78, 5) is 25.2. The zero-order chi connectivity index (χ0) is 19.3. The van der Waals surface area contributed by atoms with Crippen molar-refractivity contribution in [1.82, 2.24) is 9.21 Å². The molecule has 0 saturated carbocycles. The van der Waals surface area contributed by atoms with E-state index in [-0.39, 0.29) is 16.5 Å². The number of piperidine rings is 1. The van der Waals surface area contributed by atoms with E-state index in [4.69, 9.17) is 5.11 Å². The summed E-state index contributed by atoms with van der Waals surface area (Å²) in [5, 5.41) is 9.08. The Bertz CT molecular complexity index is 757. The number of nitrogens with zero attached hydrogens (tertiary/aromatic N) is 2. The molecule has 144 valence electrons. The summed E-state index contributed by atoms with van der Waals surface area (Å²) < 4.78 is 27.1. The average molecular weight is 382 g/mol. The Balaban J connectivity index is 2.32. The van der Waals surface area contributed by atoms with E-state index in [1.165, 1.54) is 33.5 Å². The van der Waals surface area contributed by atoms with Crippen molar-refractivity contribution in [3.63, 3.8) is 0 Å². The second-order valence-corrected chi connectivity index (χ2v) is 8.51. The highest BCUT2D eigenvalue weighted by Crippen LogP contribution is 2.22. The summed E-state index contributed by atoms with van der Waals surface area (Å²) in [5.41, 5.74) is 0.185. The minimum Gasteiger partial charge on any atom is -0.480 e. The molecule has 1 amide bonds. The first-order chi connectivity index (χ1) is 12.3. The molecule has 1 aromatic rings. The van der Waals surface area contributed by atoms with E-state index in [1.807, 2.05) is 6.92 Å². The Morgan fingerprint density at radius 1 is 1.23 bits per heavy atom. The van der Waals surface area contributed by atoms with Gasteiger partial charge in [0.15, 0.2) is 0 Å². The molecule has 1 aliphatic heterocycles. The van der Waals surface area contributed by atoms with Crippen LogP contribution in [-0.2, 0) is 14.8 Å². The van der Waals surface area contributed by atoms with Crippen LogP contribution in [0.15, 0.2) is 29.2 Å². The summed E-state index contributed by atoms with van der Waals surface area (Å²) in [5.74, 6) is -1.58. The summed E-state index contributed by atoms with van der Waals surface area (Å²) in [6, 6.07) is 5.62. The van der Waals surface area contributed by atoms with Gasteiger partial charge in [0.25, 0.3) is 5.91 Å². The zero-order valence-electron chi connectivity index (χ0n) is 15.2. The number of hydrogen-bond donors (Lipinski definition) is 1. The molecule has 1 N–H and O–H groups in total. The van der Waals surface area contributed by atoms with Crippen LogP contribution in [0.5, 0.6) is 0 Å². The van der Waals surface area contributed by atoms with Crippen molar-refractivity contribution in [2.75, 3.05) is 19.6 Å². The third-order valence-corrected chi connectivity index (χ3v) is 6.62. The van der Waals surface area contributed by atoms with Gasteiger partial charge in [0.2, 0.25) is 10.0 Å². The number of rotatable bonds is 7. The molecule has 1 unspecified atom stereocenters. The van der Waals surface area contributed by atoms with Crippen LogP contribution in [-0.4, -0.2) is 60.3 Å². The van der Waals surface area contributed by atoms with Gasteiger partial charge in [-0.25, -0.2) is 8.42 Å². The molecule has 1 aromatic carbocycles. The average Bonchev–Trinajstić information content (AvgIpc) is 2.65. The Labute approximate surface area is 154 Å². The van der Waals surface area contributed by atoms with Crippen LogP contribution in [0.1, 0.15) is 49.9 Å². The van der Waals surface area contributed by atoms with Crippen LogP contribution in [0.4, 0.5) is 0 Å². The van der Waals surface area contributed by atoms with Gasteiger partial charge in [-0.1, -0.05) is 19.4 Å². The molecule has 1 aliphatic rings. The van der Waals surface area contributed by atoms with Crippen LogP contribution < -0.4 is 0 Å². The fraction of sp³-hybridized carbons (Fsp3) is 0.556. The highest BCUT2D eigenvalue weighted by molar-refractivity contribution is 7.89. The lowest BCUT2D eigenvalue weighted by atomic mass is 10.1. The Morgan fingerprint density at radius 2 is 1.88 bits per heavy atom. The monoisotopic (exact) mass is 382 g/mol. The number of carboxylic acids is 1. The van der Waals surface area contributed by atoms with Crippen molar-refractivity contribution in [2.45, 2.75) is 50.5 Å². The molecule has 2 rings (SSSR count). The van der Waals surface area contributed by atoms with Gasteiger partial charge in [-0.15, -0.1) is 0 Å². The Kier molecular flexibility index (Phi) is 6.77. The minimum absolute atomic E-state index is 0.0738. The summed E-state index contributed by atoms with van der Waals surface area (Å²) in [6.07, 6.45) is 3.28. The van der Waals surface area contributed by atoms with Crippen molar-refractivity contribution in [3.8, 4) is 0 Å². The van der Waals surface area contributed by atoms with E-state index in [0.717, 1.165) is 19.3 Å². The van der Waals surface area contributed by atoms with Gasteiger partial charge in [-0.05, 0) is 44.4 Å². The van der Waals surface area contributed by atoms with Crippen LogP contribution in [0, 0.1) is 0 Å². The van der Waals surface area contributed by atoms with Crippen molar-refractivity contribution in [2.24, 2.45) is 0 Å². The number of carboxylic acid groups (broad SMARTS) is 1. The van der Waals surface area contributed by atoms with Gasteiger partial charge in [-0.2, -0.15) is 4.31 Å². The van der Waals surface area contributed by atoms with Gasteiger partial charge in [0.1, 0.15) is 6.54 Å². The third-order valence-electron chi connectivity index (χ3n) is 4.72. The van der Waals surface area contributed by atoms with Crippen molar-refractivity contribution in [3.05, 3.63) is 29.8 Å². The molecule has 8 heteroatoms. The number of carbonyl (C=O) groups excluding carboxylic acids is 1. The lowest BCUT2D eigenvalue weighted by Crippen LogP contribution is -2.42. The summed E-state index contributed by atoms with van der Waals surface area (Å²) in [6.45, 7) is 4.19. The van der Waals surface area contributed by atoms with E-state index in [9.17, 15) is 18.0 Å². The standard InChI is InChI=1S/C18H26N2O5S/c1-3-14(2)20(13-17(21)22)18(23)15-8-7-9-16(12-15)26(24,25)19-10-5-4-6-11-19/h7-9,12,14H,3-6,10-11,13H2,1-2H3,(H,21,22). The molecule has 1 saturated heterocycles. The van der Waals surface area contributed by atoms with E-state index in [0.29, 0.717) is 19.5 Å². The Morgan fingerprint density at radius 3 is 2.46 bits per heavy atom. The van der Waals surface area contributed by atoms with Gasteiger partial charge in [0.05, 0.1) is 4.90 Å². The quantitative estimate of drug-likeness (QED) is 0.780. The largest absolute Gasteiger partial charge is 0.480 e. The molecular formula is C18H26N2O5S. The normalized spacial score (nSPS) is 16.8. The number of aliphatic carboxylic acids is 1. The van der Waals surface area contributed by atoms with Gasteiger partial charge >= 0.3 is 5.97 Å². The predicted molar refractivity (Wildman–Crippen MR) is 97.5 cm³/mol. The molecule has 1 atom stereocenters. The van der Waals surface area contributed by atoms with Crippen LogP contribution in [0.25, 0.3) is 0 Å². The fourth-order valence-electron chi connectivity index (χ4n) is 3.00. The minimum atomic E-state index is -3.65. The number of benzene rings is 1. The second-order valence-electron chi connectivity index (χ2n) is 6.58. The molecule has 1 fully saturated rings. The van der Waals surface area contributed by atoms with Crippen molar-refractivity contribution in [1.29, 1.82) is 0 Å². The number of amides is 1. The van der Waals surface area contributed by atoms with Gasteiger partial charge < -0.3 is 10.0 Å². The SMILES string of the molecule is CCC(C)N(CC(=O)O)C(=O)c1cccc(S(=O)(=O)N2CCCCC2)c1. The smallest absolute Gasteiger partial charge is 0.323 e. The maximum Gasteiger partial charge on any atom is 0.323 e. The maximum atomic E-state index is 12.8. The first kappa shape index (κ1) is 20.4. The summed E-state index contributed by atoms with van der Waals surface area (Å²) >= 11 is 0. The molecule has 0 radical (unpaired) electrons. The first-order valence-electron chi connectivity index (χ1n) is 8.90. The topological polar surface area (TPSA) is 95.0 Å². The lowest BCUT2D eigenvalue weighted by molar-refractivity contribution is -0.138. The van der Waals surface area contributed by atoms with Gasteiger partial charge in [-0.3, -0.25) is 9.59 Å². The molecule has 7 nitrogen and oxygen atoms in total. The zero-order valence-corrected chi connectivity index (χ0v) is 16.0.